The summed E-state index contributed by atoms with van der Waals surface area (Å²) in [6.45, 7) is 7.34. The number of benzene rings is 1. The molecule has 0 saturated heterocycles. The predicted molar refractivity (Wildman–Crippen MR) is 113 cm³/mol. The maximum Gasteiger partial charge on any atom is 0.293 e. The highest BCUT2D eigenvalue weighted by molar-refractivity contribution is 6.00. The fourth-order valence-corrected chi connectivity index (χ4v) is 4.49. The molecule has 3 unspecified atom stereocenters. The molecule has 7 heteroatoms. The normalized spacial score (nSPS) is 28.2. The molecule has 160 valence electrons. The van der Waals surface area contributed by atoms with Crippen molar-refractivity contribution >= 4 is 5.84 Å². The second-order valence-electron chi connectivity index (χ2n) is 7.76. The van der Waals surface area contributed by atoms with Gasteiger partial charge < -0.3 is 19.9 Å². The van der Waals surface area contributed by atoms with E-state index in [0.29, 0.717) is 19.8 Å². The summed E-state index contributed by atoms with van der Waals surface area (Å²) in [7, 11) is 0. The van der Waals surface area contributed by atoms with E-state index in [9.17, 15) is 10.5 Å². The van der Waals surface area contributed by atoms with Gasteiger partial charge in [0.25, 0.3) is 5.91 Å². The van der Waals surface area contributed by atoms with E-state index in [1.165, 1.54) is 0 Å². The number of rotatable bonds is 11. The van der Waals surface area contributed by atoms with Gasteiger partial charge in [0.1, 0.15) is 17.0 Å². The van der Waals surface area contributed by atoms with E-state index in [4.69, 9.17) is 19.9 Å². The van der Waals surface area contributed by atoms with E-state index in [1.54, 1.807) is 0 Å². The van der Waals surface area contributed by atoms with Gasteiger partial charge in [0.05, 0.1) is 32.0 Å². The number of aliphatic imine (C=N–C) groups is 1. The van der Waals surface area contributed by atoms with E-state index in [1.807, 2.05) is 31.2 Å². The maximum atomic E-state index is 10.4. The minimum absolute atomic E-state index is 0.110. The largest absolute Gasteiger partial charge is 0.494 e. The van der Waals surface area contributed by atoms with Gasteiger partial charge in [-0.1, -0.05) is 38.8 Å². The lowest BCUT2D eigenvalue weighted by molar-refractivity contribution is -0.260. The molecule has 30 heavy (non-hydrogen) atoms. The van der Waals surface area contributed by atoms with Crippen LogP contribution in [0.15, 0.2) is 29.3 Å². The van der Waals surface area contributed by atoms with Gasteiger partial charge in [-0.05, 0) is 37.5 Å². The highest BCUT2D eigenvalue weighted by Gasteiger charge is 2.93. The van der Waals surface area contributed by atoms with Crippen LogP contribution in [0, 0.1) is 33.5 Å². The summed E-state index contributed by atoms with van der Waals surface area (Å²) < 4.78 is 17.8. The monoisotopic (exact) mass is 410 g/mol. The van der Waals surface area contributed by atoms with Crippen molar-refractivity contribution in [1.82, 2.24) is 0 Å². The van der Waals surface area contributed by atoms with Crippen molar-refractivity contribution < 1.29 is 14.2 Å². The second-order valence-corrected chi connectivity index (χ2v) is 7.76. The zero-order valence-corrected chi connectivity index (χ0v) is 18.0. The third-order valence-electron chi connectivity index (χ3n) is 6.04. The zero-order chi connectivity index (χ0) is 21.8. The number of nitrogens with two attached hydrogens (primary N) is 1. The molecule has 2 aliphatic rings. The Labute approximate surface area is 178 Å². The summed E-state index contributed by atoms with van der Waals surface area (Å²) >= 11 is 0. The van der Waals surface area contributed by atoms with Crippen molar-refractivity contribution in [1.29, 1.82) is 10.5 Å². The van der Waals surface area contributed by atoms with Gasteiger partial charge in [-0.2, -0.15) is 10.5 Å². The number of hydrogen-bond acceptors (Lipinski definition) is 7. The van der Waals surface area contributed by atoms with Gasteiger partial charge in [0, 0.05) is 5.92 Å². The Balaban J connectivity index is 2.05. The van der Waals surface area contributed by atoms with Crippen LogP contribution in [-0.2, 0) is 9.47 Å². The van der Waals surface area contributed by atoms with Crippen LogP contribution in [-0.4, -0.2) is 31.6 Å². The van der Waals surface area contributed by atoms with E-state index >= 15 is 0 Å². The van der Waals surface area contributed by atoms with Crippen LogP contribution in [0.1, 0.15) is 57.9 Å². The number of fused-ring (bicyclic) bond motifs is 1. The standard InChI is InChI=1S/C23H30N4O3/c1-4-7-13-29-23(30-14-8-5-2)22(16-25)19(21(22,15-24)20(26)27-23)17-9-11-18(12-10-17)28-6-3/h9-12,19H,4-8,13-14H2,1-3H3,(H2,26,27). The fourth-order valence-electron chi connectivity index (χ4n) is 4.49. The Kier molecular flexibility index (Phi) is 6.36. The van der Waals surface area contributed by atoms with E-state index in [0.717, 1.165) is 37.0 Å². The van der Waals surface area contributed by atoms with Crippen LogP contribution in [0.3, 0.4) is 0 Å². The first-order valence-electron chi connectivity index (χ1n) is 10.7. The number of amidine groups is 1. The lowest BCUT2D eigenvalue weighted by Gasteiger charge is -2.32. The highest BCUT2D eigenvalue weighted by Crippen LogP contribution is 2.82. The van der Waals surface area contributed by atoms with E-state index in [-0.39, 0.29) is 5.84 Å². The van der Waals surface area contributed by atoms with Crippen molar-refractivity contribution in [3.05, 3.63) is 29.8 Å². The molecule has 2 N–H and O–H groups in total. The van der Waals surface area contributed by atoms with Gasteiger partial charge >= 0.3 is 0 Å². The number of nitriles is 2. The van der Waals surface area contributed by atoms with Crippen LogP contribution in [0.4, 0.5) is 0 Å². The molecule has 1 fully saturated rings. The summed E-state index contributed by atoms with van der Waals surface area (Å²) in [6.07, 6.45) is 3.44. The Morgan fingerprint density at radius 2 is 1.60 bits per heavy atom. The molecule has 0 aromatic heterocycles. The molecule has 0 radical (unpaired) electrons. The molecule has 1 aromatic rings. The summed E-state index contributed by atoms with van der Waals surface area (Å²) in [5, 5.41) is 20.6. The van der Waals surface area contributed by atoms with Gasteiger partial charge in [-0.25, -0.2) is 4.99 Å². The maximum absolute atomic E-state index is 10.4. The number of unbranched alkanes of at least 4 members (excludes halogenated alkanes) is 2. The van der Waals surface area contributed by atoms with Gasteiger partial charge in [-0.3, -0.25) is 0 Å². The molecule has 1 aliphatic heterocycles. The summed E-state index contributed by atoms with van der Waals surface area (Å²) in [6, 6.07) is 12.1. The molecule has 0 spiro atoms. The smallest absolute Gasteiger partial charge is 0.293 e. The first kappa shape index (κ1) is 22.1. The van der Waals surface area contributed by atoms with Crippen molar-refractivity contribution in [3.63, 3.8) is 0 Å². The molecule has 1 aliphatic carbocycles. The molecule has 3 atom stereocenters. The van der Waals surface area contributed by atoms with Gasteiger partial charge in [0.15, 0.2) is 5.41 Å². The molecule has 0 amide bonds. The van der Waals surface area contributed by atoms with Crippen LogP contribution in [0.2, 0.25) is 0 Å². The summed E-state index contributed by atoms with van der Waals surface area (Å²) in [4.78, 5) is 4.48. The van der Waals surface area contributed by atoms with Crippen LogP contribution >= 0.6 is 0 Å². The van der Waals surface area contributed by atoms with Crippen molar-refractivity contribution in [2.24, 2.45) is 21.6 Å². The molecule has 1 saturated carbocycles. The fraction of sp³-hybridized carbons (Fsp3) is 0.609. The molecule has 0 bridgehead atoms. The van der Waals surface area contributed by atoms with Crippen LogP contribution in [0.5, 0.6) is 5.75 Å². The SMILES string of the molecule is CCCCOC1(OCCCC)N=C(N)C2(C#N)C(c3ccc(OCC)cc3)C12C#N. The topological polar surface area (TPSA) is 114 Å². The third kappa shape index (κ3) is 2.96. The average molecular weight is 411 g/mol. The van der Waals surface area contributed by atoms with E-state index < -0.39 is 22.7 Å². The average Bonchev–Trinajstić information content (AvgIpc) is 3.33. The predicted octanol–water partition coefficient (Wildman–Crippen LogP) is 3.86. The Bertz CT molecular complexity index is 860. The van der Waals surface area contributed by atoms with E-state index in [2.05, 4.69) is 31.0 Å². The molecular formula is C23H30N4O3. The van der Waals surface area contributed by atoms with Crippen LogP contribution < -0.4 is 10.5 Å². The first-order valence-corrected chi connectivity index (χ1v) is 10.7. The molecule has 1 aromatic carbocycles. The van der Waals surface area contributed by atoms with Gasteiger partial charge in [0.2, 0.25) is 0 Å². The number of nitrogens with zero attached hydrogens (tertiary/aromatic N) is 3. The lowest BCUT2D eigenvalue weighted by Crippen LogP contribution is -2.44. The summed E-state index contributed by atoms with van der Waals surface area (Å²) in [5.74, 6) is -1.22. The second kappa shape index (κ2) is 8.63. The Morgan fingerprint density at radius 3 is 2.07 bits per heavy atom. The van der Waals surface area contributed by atoms with Crippen molar-refractivity contribution in [2.45, 2.75) is 58.3 Å². The molecular weight excluding hydrogens is 380 g/mol. The summed E-state index contributed by atoms with van der Waals surface area (Å²) in [5.41, 5.74) is 4.53. The van der Waals surface area contributed by atoms with Crippen molar-refractivity contribution in [3.8, 4) is 17.9 Å². The van der Waals surface area contributed by atoms with Crippen LogP contribution in [0.25, 0.3) is 0 Å². The number of hydrogen-bond donors (Lipinski definition) is 1. The zero-order valence-electron chi connectivity index (χ0n) is 18.0. The third-order valence-corrected chi connectivity index (χ3v) is 6.04. The first-order chi connectivity index (χ1) is 14.5. The highest BCUT2D eigenvalue weighted by atomic mass is 16.7. The number of ether oxygens (including phenoxy) is 3. The minimum Gasteiger partial charge on any atom is -0.494 e. The molecule has 1 heterocycles. The molecule has 7 nitrogen and oxygen atoms in total. The quantitative estimate of drug-likeness (QED) is 0.438. The minimum atomic E-state index is -1.57. The molecule has 3 rings (SSSR count). The Morgan fingerprint density at radius 1 is 1.00 bits per heavy atom. The lowest BCUT2D eigenvalue weighted by atomic mass is 9.93. The Hall–Kier alpha value is -2.61. The van der Waals surface area contributed by atoms with Crippen molar-refractivity contribution in [2.75, 3.05) is 19.8 Å². The van der Waals surface area contributed by atoms with Gasteiger partial charge in [-0.15, -0.1) is 0 Å².